The first-order valence-corrected chi connectivity index (χ1v) is 6.84. The molecule has 0 atom stereocenters. The number of hydrogen-bond acceptors (Lipinski definition) is 2. The third kappa shape index (κ3) is 3.66. The fourth-order valence-corrected chi connectivity index (χ4v) is 2.08. The highest BCUT2D eigenvalue weighted by molar-refractivity contribution is 6.02. The number of anilines is 1. The van der Waals surface area contributed by atoms with Crippen molar-refractivity contribution >= 4 is 11.6 Å². The lowest BCUT2D eigenvalue weighted by Gasteiger charge is -2.12. The Bertz CT molecular complexity index is 677. The number of halogens is 3. The quantitative estimate of drug-likeness (QED) is 0.898. The van der Waals surface area contributed by atoms with Crippen molar-refractivity contribution in [1.29, 1.82) is 0 Å². The summed E-state index contributed by atoms with van der Waals surface area (Å²) < 4.78 is 38.5. The molecule has 2 rings (SSSR count). The fraction of sp³-hybridized carbons (Fsp3) is 0.333. The first-order chi connectivity index (χ1) is 10.3. The van der Waals surface area contributed by atoms with Crippen LogP contribution in [0.25, 0.3) is 0 Å². The summed E-state index contributed by atoms with van der Waals surface area (Å²) in [6.07, 6.45) is -2.80. The molecule has 1 aromatic heterocycles. The van der Waals surface area contributed by atoms with Crippen molar-refractivity contribution < 1.29 is 18.0 Å². The minimum Gasteiger partial charge on any atom is -0.321 e. The largest absolute Gasteiger partial charge is 0.416 e. The van der Waals surface area contributed by atoms with Gasteiger partial charge in [0, 0.05) is 11.4 Å². The molecule has 0 bridgehead atoms. The topological polar surface area (TPSA) is 57.8 Å². The van der Waals surface area contributed by atoms with Gasteiger partial charge in [-0.15, -0.1) is 0 Å². The van der Waals surface area contributed by atoms with E-state index in [0.717, 1.165) is 24.6 Å². The molecule has 7 heteroatoms. The fourth-order valence-electron chi connectivity index (χ4n) is 2.08. The van der Waals surface area contributed by atoms with Gasteiger partial charge in [0.25, 0.3) is 5.91 Å². The second kappa shape index (κ2) is 6.21. The van der Waals surface area contributed by atoms with Crippen molar-refractivity contribution in [2.75, 3.05) is 5.32 Å². The van der Waals surface area contributed by atoms with Gasteiger partial charge in [0.1, 0.15) is 0 Å². The number of aromatic nitrogens is 2. The molecule has 0 aliphatic heterocycles. The van der Waals surface area contributed by atoms with E-state index in [1.54, 1.807) is 6.07 Å². The molecule has 2 aromatic rings. The van der Waals surface area contributed by atoms with Crippen LogP contribution in [0.1, 0.15) is 40.7 Å². The molecule has 4 nitrogen and oxygen atoms in total. The summed E-state index contributed by atoms with van der Waals surface area (Å²) in [6.45, 7) is 3.37. The monoisotopic (exact) mass is 311 g/mol. The molecule has 1 amide bonds. The molecule has 0 saturated carbocycles. The van der Waals surface area contributed by atoms with Gasteiger partial charge in [0.05, 0.1) is 5.56 Å². The number of aromatic amines is 1. The summed E-state index contributed by atoms with van der Waals surface area (Å²) in [5.41, 5.74) is 0.391. The molecule has 0 fully saturated rings. The number of carbonyl (C=O) groups excluding carboxylic acids is 1. The van der Waals surface area contributed by atoms with E-state index in [1.165, 1.54) is 19.1 Å². The number of carbonyl (C=O) groups is 1. The molecule has 0 saturated heterocycles. The molecule has 1 heterocycles. The molecule has 0 spiro atoms. The highest BCUT2D eigenvalue weighted by Crippen LogP contribution is 2.33. The van der Waals surface area contributed by atoms with Gasteiger partial charge in [0.2, 0.25) is 0 Å². The van der Waals surface area contributed by atoms with Crippen molar-refractivity contribution in [3.8, 4) is 0 Å². The van der Waals surface area contributed by atoms with E-state index in [4.69, 9.17) is 0 Å². The van der Waals surface area contributed by atoms with Crippen LogP contribution in [0.4, 0.5) is 18.9 Å². The van der Waals surface area contributed by atoms with E-state index >= 15 is 0 Å². The number of hydrogen-bond donors (Lipinski definition) is 2. The SMILES string of the molecule is CCCc1cc(C(=O)Nc2ccc(C)c(C(F)(F)F)c2)n[nH]1. The maximum Gasteiger partial charge on any atom is 0.416 e. The number of amides is 1. The Balaban J connectivity index is 2.17. The average Bonchev–Trinajstić information content (AvgIpc) is 2.89. The molecule has 1 aromatic carbocycles. The van der Waals surface area contributed by atoms with Gasteiger partial charge >= 0.3 is 6.18 Å². The third-order valence-corrected chi connectivity index (χ3v) is 3.18. The number of alkyl halides is 3. The zero-order chi connectivity index (χ0) is 16.3. The number of H-pyrrole nitrogens is 1. The highest BCUT2D eigenvalue weighted by Gasteiger charge is 2.32. The number of benzene rings is 1. The predicted octanol–water partition coefficient (Wildman–Crippen LogP) is 3.94. The first-order valence-electron chi connectivity index (χ1n) is 6.84. The second-order valence-corrected chi connectivity index (χ2v) is 5.01. The van der Waals surface area contributed by atoms with E-state index in [-0.39, 0.29) is 16.9 Å². The van der Waals surface area contributed by atoms with E-state index in [0.29, 0.717) is 0 Å². The summed E-state index contributed by atoms with van der Waals surface area (Å²) in [5.74, 6) is -0.546. The lowest BCUT2D eigenvalue weighted by atomic mass is 10.1. The normalized spacial score (nSPS) is 11.5. The minimum atomic E-state index is -4.45. The summed E-state index contributed by atoms with van der Waals surface area (Å²) in [5, 5.41) is 9.02. The molecule has 118 valence electrons. The highest BCUT2D eigenvalue weighted by atomic mass is 19.4. The Labute approximate surface area is 125 Å². The van der Waals surface area contributed by atoms with Crippen LogP contribution < -0.4 is 5.32 Å². The van der Waals surface area contributed by atoms with Crippen LogP contribution in [0.3, 0.4) is 0 Å². The predicted molar refractivity (Wildman–Crippen MR) is 76.7 cm³/mol. The van der Waals surface area contributed by atoms with Gasteiger partial charge in [-0.05, 0) is 37.1 Å². The number of nitrogens with zero attached hydrogens (tertiary/aromatic N) is 1. The van der Waals surface area contributed by atoms with Gasteiger partial charge in [-0.3, -0.25) is 9.89 Å². The van der Waals surface area contributed by atoms with Gasteiger partial charge in [0.15, 0.2) is 5.69 Å². The maximum absolute atomic E-state index is 12.8. The molecule has 0 radical (unpaired) electrons. The van der Waals surface area contributed by atoms with Crippen molar-refractivity contribution in [1.82, 2.24) is 10.2 Å². The lowest BCUT2D eigenvalue weighted by Crippen LogP contribution is -2.14. The molecular formula is C15H16F3N3O. The maximum atomic E-state index is 12.8. The van der Waals surface area contributed by atoms with Crippen LogP contribution in [-0.2, 0) is 12.6 Å². The zero-order valence-corrected chi connectivity index (χ0v) is 12.2. The van der Waals surface area contributed by atoms with E-state index < -0.39 is 17.6 Å². The summed E-state index contributed by atoms with van der Waals surface area (Å²) in [4.78, 5) is 12.0. The van der Waals surface area contributed by atoms with Gasteiger partial charge in [-0.25, -0.2) is 0 Å². The van der Waals surface area contributed by atoms with E-state index in [2.05, 4.69) is 15.5 Å². The van der Waals surface area contributed by atoms with Gasteiger partial charge < -0.3 is 5.32 Å². The van der Waals surface area contributed by atoms with Crippen LogP contribution in [0.2, 0.25) is 0 Å². The van der Waals surface area contributed by atoms with Crippen LogP contribution >= 0.6 is 0 Å². The molecule has 0 aliphatic rings. The zero-order valence-electron chi connectivity index (χ0n) is 12.2. The van der Waals surface area contributed by atoms with Crippen molar-refractivity contribution in [3.05, 3.63) is 46.8 Å². The van der Waals surface area contributed by atoms with Crippen LogP contribution in [0.15, 0.2) is 24.3 Å². The Kier molecular flexibility index (Phi) is 4.54. The molecule has 2 N–H and O–H groups in total. The molecule has 0 unspecified atom stereocenters. The standard InChI is InChI=1S/C15H16F3N3O/c1-3-4-11-8-13(21-20-11)14(22)19-10-6-5-9(2)12(7-10)15(16,17)18/h5-8H,3-4H2,1-2H3,(H,19,22)(H,20,21). The minimum absolute atomic E-state index is 0.0861. The lowest BCUT2D eigenvalue weighted by molar-refractivity contribution is -0.138. The van der Waals surface area contributed by atoms with Crippen LogP contribution in [0.5, 0.6) is 0 Å². The average molecular weight is 311 g/mol. The molecule has 0 aliphatic carbocycles. The summed E-state index contributed by atoms with van der Waals surface area (Å²) >= 11 is 0. The number of nitrogens with one attached hydrogen (secondary N) is 2. The Morgan fingerprint density at radius 3 is 2.68 bits per heavy atom. The van der Waals surface area contributed by atoms with Crippen molar-refractivity contribution in [2.24, 2.45) is 0 Å². The van der Waals surface area contributed by atoms with Crippen LogP contribution in [-0.4, -0.2) is 16.1 Å². The van der Waals surface area contributed by atoms with Gasteiger partial charge in [-0.1, -0.05) is 19.4 Å². The Morgan fingerprint density at radius 2 is 2.05 bits per heavy atom. The third-order valence-electron chi connectivity index (χ3n) is 3.18. The van der Waals surface area contributed by atoms with Gasteiger partial charge in [-0.2, -0.15) is 18.3 Å². The molecular weight excluding hydrogens is 295 g/mol. The van der Waals surface area contributed by atoms with Crippen molar-refractivity contribution in [2.45, 2.75) is 32.9 Å². The summed E-state index contributed by atoms with van der Waals surface area (Å²) in [6, 6.07) is 5.28. The number of aryl methyl sites for hydroxylation is 2. The van der Waals surface area contributed by atoms with Crippen molar-refractivity contribution in [3.63, 3.8) is 0 Å². The second-order valence-electron chi connectivity index (χ2n) is 5.01. The van der Waals surface area contributed by atoms with Crippen LogP contribution in [0, 0.1) is 6.92 Å². The first kappa shape index (κ1) is 16.1. The number of rotatable bonds is 4. The summed E-state index contributed by atoms with van der Waals surface area (Å²) in [7, 11) is 0. The smallest absolute Gasteiger partial charge is 0.321 e. The van der Waals surface area contributed by atoms with E-state index in [9.17, 15) is 18.0 Å². The Hall–Kier alpha value is -2.31. The van der Waals surface area contributed by atoms with E-state index in [1.807, 2.05) is 6.92 Å². The molecule has 22 heavy (non-hydrogen) atoms. The Morgan fingerprint density at radius 1 is 1.32 bits per heavy atom.